The number of hydrogen-bond donors (Lipinski definition) is 2. The lowest BCUT2D eigenvalue weighted by Crippen LogP contribution is -1.93. The molecule has 2 aromatic heterocycles. The first-order chi connectivity index (χ1) is 8.74. The molecular weight excluding hydrogens is 298 g/mol. The molecule has 0 aliphatic carbocycles. The molecule has 3 rings (SSSR count). The number of aromatic amines is 1. The maximum Gasteiger partial charge on any atom is 0.251 e. The van der Waals surface area contributed by atoms with E-state index >= 15 is 0 Å². The largest absolute Gasteiger partial charge is 0.437 e. The highest BCUT2D eigenvalue weighted by molar-refractivity contribution is 9.10. The molecule has 0 amide bonds. The zero-order valence-electron chi connectivity index (χ0n) is 9.09. The number of fused-ring (bicyclic) bond motifs is 1. The van der Waals surface area contributed by atoms with Gasteiger partial charge in [-0.1, -0.05) is 22.0 Å². The molecule has 0 fully saturated rings. The van der Waals surface area contributed by atoms with Crippen LogP contribution in [-0.4, -0.2) is 20.2 Å². The van der Waals surface area contributed by atoms with Crippen LogP contribution in [0, 0.1) is 0 Å². The number of H-pyrrole nitrogens is 1. The van der Waals surface area contributed by atoms with Crippen LogP contribution >= 0.6 is 15.9 Å². The zero-order chi connectivity index (χ0) is 12.5. The number of anilines is 1. The van der Waals surface area contributed by atoms with E-state index in [4.69, 9.17) is 10.5 Å². The van der Waals surface area contributed by atoms with Crippen LogP contribution in [0.1, 0.15) is 0 Å². The number of aromatic nitrogens is 4. The molecule has 0 aliphatic rings. The molecule has 7 heteroatoms. The van der Waals surface area contributed by atoms with Crippen molar-refractivity contribution in [2.45, 2.75) is 0 Å². The van der Waals surface area contributed by atoms with Gasteiger partial charge in [-0.15, -0.1) is 5.10 Å². The molecule has 0 spiro atoms. The maximum atomic E-state index is 5.78. The quantitative estimate of drug-likeness (QED) is 0.759. The van der Waals surface area contributed by atoms with Gasteiger partial charge in [0, 0.05) is 4.47 Å². The normalized spacial score (nSPS) is 10.7. The average molecular weight is 306 g/mol. The zero-order valence-corrected chi connectivity index (χ0v) is 10.7. The predicted octanol–water partition coefficient (Wildman–Crippen LogP) is 2.49. The number of nitrogens with zero attached hydrogens (tertiary/aromatic N) is 3. The number of nitrogen functional groups attached to an aromatic ring is 1. The van der Waals surface area contributed by atoms with Gasteiger partial charge in [0.2, 0.25) is 0 Å². The first-order valence-electron chi connectivity index (χ1n) is 5.12. The lowest BCUT2D eigenvalue weighted by atomic mass is 10.3. The van der Waals surface area contributed by atoms with Gasteiger partial charge in [-0.05, 0) is 18.2 Å². The summed E-state index contributed by atoms with van der Waals surface area (Å²) in [5.41, 5.74) is 6.33. The van der Waals surface area contributed by atoms with E-state index in [2.05, 4.69) is 36.1 Å². The molecule has 90 valence electrons. The van der Waals surface area contributed by atoms with Crippen LogP contribution in [0.15, 0.2) is 35.1 Å². The van der Waals surface area contributed by atoms with Crippen molar-refractivity contribution in [3.8, 4) is 11.6 Å². The first kappa shape index (κ1) is 11.0. The number of hydrogen-bond acceptors (Lipinski definition) is 5. The SMILES string of the molecule is Nc1ncnc2[nH]nc(Oc3cccc(Br)c3)c12. The van der Waals surface area contributed by atoms with E-state index < -0.39 is 0 Å². The van der Waals surface area contributed by atoms with Crippen LogP contribution in [0.4, 0.5) is 5.82 Å². The van der Waals surface area contributed by atoms with Crippen molar-refractivity contribution in [3.05, 3.63) is 35.1 Å². The number of benzene rings is 1. The molecular formula is C11H8BrN5O. The second-order valence-electron chi connectivity index (χ2n) is 3.57. The van der Waals surface area contributed by atoms with E-state index in [9.17, 15) is 0 Å². The smallest absolute Gasteiger partial charge is 0.251 e. The number of nitrogens with two attached hydrogens (primary N) is 1. The minimum atomic E-state index is 0.332. The molecule has 0 aliphatic heterocycles. The number of halogens is 1. The van der Waals surface area contributed by atoms with Crippen molar-refractivity contribution in [3.63, 3.8) is 0 Å². The molecule has 1 aromatic carbocycles. The van der Waals surface area contributed by atoms with Gasteiger partial charge in [0.15, 0.2) is 5.65 Å². The Bertz CT molecular complexity index is 711. The molecule has 0 atom stereocenters. The van der Waals surface area contributed by atoms with Crippen molar-refractivity contribution >= 4 is 32.8 Å². The summed E-state index contributed by atoms with van der Waals surface area (Å²) in [6, 6.07) is 7.44. The highest BCUT2D eigenvalue weighted by Gasteiger charge is 2.12. The number of nitrogens with one attached hydrogen (secondary N) is 1. The topological polar surface area (TPSA) is 89.7 Å². The third-order valence-corrected chi connectivity index (χ3v) is 2.86. The summed E-state index contributed by atoms with van der Waals surface area (Å²) < 4.78 is 6.58. The highest BCUT2D eigenvalue weighted by Crippen LogP contribution is 2.30. The van der Waals surface area contributed by atoms with E-state index in [0.717, 1.165) is 4.47 Å². The van der Waals surface area contributed by atoms with E-state index in [1.807, 2.05) is 24.3 Å². The van der Waals surface area contributed by atoms with Gasteiger partial charge in [0.05, 0.1) is 0 Å². The second-order valence-corrected chi connectivity index (χ2v) is 4.49. The Morgan fingerprint density at radius 3 is 3.00 bits per heavy atom. The van der Waals surface area contributed by atoms with Gasteiger partial charge >= 0.3 is 0 Å². The average Bonchev–Trinajstić information content (AvgIpc) is 2.74. The third-order valence-electron chi connectivity index (χ3n) is 2.36. The molecule has 2 heterocycles. The summed E-state index contributed by atoms with van der Waals surface area (Å²) in [7, 11) is 0. The van der Waals surface area contributed by atoms with E-state index in [-0.39, 0.29) is 0 Å². The second kappa shape index (κ2) is 4.26. The van der Waals surface area contributed by atoms with Crippen molar-refractivity contribution in [1.29, 1.82) is 0 Å². The standard InChI is InChI=1S/C11H8BrN5O/c12-6-2-1-3-7(4-6)18-11-8-9(13)14-5-15-10(8)16-17-11/h1-5H,(H3,13,14,15,16,17). The number of rotatable bonds is 2. The maximum absolute atomic E-state index is 5.78. The van der Waals surface area contributed by atoms with Gasteiger partial charge in [-0.2, -0.15) is 0 Å². The van der Waals surface area contributed by atoms with Crippen LogP contribution < -0.4 is 10.5 Å². The summed E-state index contributed by atoms with van der Waals surface area (Å²) in [5.74, 6) is 1.35. The summed E-state index contributed by atoms with van der Waals surface area (Å²) in [4.78, 5) is 7.94. The Morgan fingerprint density at radius 1 is 1.28 bits per heavy atom. The van der Waals surface area contributed by atoms with Crippen LogP contribution in [0.25, 0.3) is 11.0 Å². The van der Waals surface area contributed by atoms with E-state index in [0.29, 0.717) is 28.5 Å². The molecule has 0 saturated carbocycles. The highest BCUT2D eigenvalue weighted by atomic mass is 79.9. The summed E-state index contributed by atoms with van der Waals surface area (Å²) >= 11 is 3.37. The molecule has 0 saturated heterocycles. The van der Waals surface area contributed by atoms with Gasteiger partial charge in [-0.25, -0.2) is 9.97 Å². The molecule has 3 N–H and O–H groups in total. The summed E-state index contributed by atoms with van der Waals surface area (Å²) in [6.07, 6.45) is 1.37. The molecule has 3 aromatic rings. The predicted molar refractivity (Wildman–Crippen MR) is 70.3 cm³/mol. The van der Waals surface area contributed by atoms with Crippen molar-refractivity contribution in [2.75, 3.05) is 5.73 Å². The van der Waals surface area contributed by atoms with Crippen LogP contribution in [0.5, 0.6) is 11.6 Å². The Balaban J connectivity index is 2.05. The lowest BCUT2D eigenvalue weighted by Gasteiger charge is -2.03. The van der Waals surface area contributed by atoms with Crippen LogP contribution in [0.2, 0.25) is 0 Å². The van der Waals surface area contributed by atoms with Crippen LogP contribution in [0.3, 0.4) is 0 Å². The molecule has 0 unspecified atom stereocenters. The number of ether oxygens (including phenoxy) is 1. The Kier molecular flexibility index (Phi) is 2.60. The van der Waals surface area contributed by atoms with E-state index in [1.54, 1.807) is 0 Å². The molecule has 0 radical (unpaired) electrons. The minimum absolute atomic E-state index is 0.332. The first-order valence-corrected chi connectivity index (χ1v) is 5.91. The monoisotopic (exact) mass is 305 g/mol. The van der Waals surface area contributed by atoms with Crippen molar-refractivity contribution in [2.24, 2.45) is 0 Å². The van der Waals surface area contributed by atoms with Crippen molar-refractivity contribution < 1.29 is 4.74 Å². The Morgan fingerprint density at radius 2 is 2.17 bits per heavy atom. The summed E-state index contributed by atoms with van der Waals surface area (Å²) in [5, 5.41) is 7.36. The van der Waals surface area contributed by atoms with Gasteiger partial charge < -0.3 is 10.5 Å². The molecule has 18 heavy (non-hydrogen) atoms. The fraction of sp³-hybridized carbons (Fsp3) is 0. The fourth-order valence-corrected chi connectivity index (χ4v) is 1.95. The van der Waals surface area contributed by atoms with Gasteiger partial charge in [0.1, 0.15) is 23.3 Å². The van der Waals surface area contributed by atoms with Gasteiger partial charge in [-0.3, -0.25) is 5.10 Å². The third kappa shape index (κ3) is 1.88. The Hall–Kier alpha value is -2.15. The lowest BCUT2D eigenvalue weighted by molar-refractivity contribution is 0.466. The van der Waals surface area contributed by atoms with Crippen molar-refractivity contribution in [1.82, 2.24) is 20.2 Å². The summed E-state index contributed by atoms with van der Waals surface area (Å²) in [6.45, 7) is 0. The molecule has 0 bridgehead atoms. The van der Waals surface area contributed by atoms with Crippen LogP contribution in [-0.2, 0) is 0 Å². The molecule has 6 nitrogen and oxygen atoms in total. The van der Waals surface area contributed by atoms with Gasteiger partial charge in [0.25, 0.3) is 5.88 Å². The fourth-order valence-electron chi connectivity index (χ4n) is 1.57. The van der Waals surface area contributed by atoms with E-state index in [1.165, 1.54) is 6.33 Å². The Labute approximate surface area is 110 Å². The minimum Gasteiger partial charge on any atom is -0.437 e.